The number of aryl methyl sites for hydroxylation is 1. The van der Waals surface area contributed by atoms with Crippen molar-refractivity contribution in [1.29, 1.82) is 0 Å². The van der Waals surface area contributed by atoms with Crippen molar-refractivity contribution in [2.75, 3.05) is 30.4 Å². The van der Waals surface area contributed by atoms with Gasteiger partial charge in [-0.25, -0.2) is 15.0 Å². The Hall–Kier alpha value is -3.04. The number of aromatic nitrogens is 3. The molecular weight excluding hydrogens is 448 g/mol. The number of pyridine rings is 2. The van der Waals surface area contributed by atoms with Crippen LogP contribution in [0.15, 0.2) is 42.7 Å². The molecule has 0 bridgehead atoms. The van der Waals surface area contributed by atoms with Gasteiger partial charge in [0.2, 0.25) is 5.91 Å². The zero-order chi connectivity index (χ0) is 24.2. The Balaban J connectivity index is 1.51. The molecule has 0 saturated carbocycles. The number of hydrogen-bond donors (Lipinski definition) is 2. The molecule has 1 fully saturated rings. The number of carbonyl (C=O) groups excluding carboxylic acids is 1. The zero-order valence-corrected chi connectivity index (χ0v) is 20.9. The summed E-state index contributed by atoms with van der Waals surface area (Å²) in [4.78, 5) is 31.8. The molecule has 1 aliphatic rings. The fourth-order valence-corrected chi connectivity index (χ4v) is 5.10. The molecule has 1 saturated heterocycles. The quantitative estimate of drug-likeness (QED) is 0.526. The Morgan fingerprint density at radius 3 is 2.68 bits per heavy atom. The van der Waals surface area contributed by atoms with Gasteiger partial charge in [0.25, 0.3) is 0 Å². The minimum Gasteiger partial charge on any atom is -0.393 e. The number of thiazole rings is 1. The Morgan fingerprint density at radius 2 is 1.97 bits per heavy atom. The fraction of sp³-hybridized carbons (Fsp3) is 0.440. The van der Waals surface area contributed by atoms with Crippen molar-refractivity contribution in [3.05, 3.63) is 48.3 Å². The summed E-state index contributed by atoms with van der Waals surface area (Å²) in [6.07, 6.45) is 4.55. The van der Waals surface area contributed by atoms with Crippen LogP contribution in [0.1, 0.15) is 32.3 Å². The van der Waals surface area contributed by atoms with Crippen LogP contribution in [0.5, 0.6) is 0 Å². The summed E-state index contributed by atoms with van der Waals surface area (Å²) in [6.45, 7) is 7.33. The number of piperidine rings is 1. The Bertz CT molecular complexity index is 1130. The van der Waals surface area contributed by atoms with Crippen molar-refractivity contribution in [3.8, 4) is 10.6 Å². The number of likely N-dealkylation sites (tertiary alicyclic amines) is 1. The third kappa shape index (κ3) is 5.53. The summed E-state index contributed by atoms with van der Waals surface area (Å²) in [6, 6.07) is 9.42. The maximum absolute atomic E-state index is 13.3. The molecule has 9 heteroatoms. The van der Waals surface area contributed by atoms with Crippen LogP contribution >= 0.6 is 11.3 Å². The van der Waals surface area contributed by atoms with Crippen LogP contribution in [0.25, 0.3) is 10.6 Å². The molecule has 0 radical (unpaired) electrons. The molecule has 4 rings (SSSR count). The van der Waals surface area contributed by atoms with Crippen LogP contribution in [-0.2, 0) is 4.79 Å². The van der Waals surface area contributed by atoms with Crippen LogP contribution in [-0.4, -0.2) is 63.1 Å². The average Bonchev–Trinajstić information content (AvgIpc) is 3.30. The first-order valence-electron chi connectivity index (χ1n) is 11.6. The highest BCUT2D eigenvalue weighted by atomic mass is 32.1. The number of carbonyl (C=O) groups is 1. The largest absolute Gasteiger partial charge is 0.393 e. The van der Waals surface area contributed by atoms with E-state index < -0.39 is 0 Å². The number of rotatable bonds is 7. The van der Waals surface area contributed by atoms with Crippen LogP contribution in [0, 0.1) is 12.8 Å². The predicted molar refractivity (Wildman–Crippen MR) is 136 cm³/mol. The summed E-state index contributed by atoms with van der Waals surface area (Å²) in [5, 5.41) is 13.8. The van der Waals surface area contributed by atoms with E-state index in [1.54, 1.807) is 6.20 Å². The molecule has 1 atom stereocenters. The third-order valence-corrected chi connectivity index (χ3v) is 7.16. The number of hydrogen-bond acceptors (Lipinski definition) is 8. The predicted octanol–water partition coefficient (Wildman–Crippen LogP) is 4.10. The second-order valence-corrected chi connectivity index (χ2v) is 10.1. The maximum Gasteiger partial charge on any atom is 0.245 e. The van der Waals surface area contributed by atoms with E-state index in [-0.39, 0.29) is 24.0 Å². The highest BCUT2D eigenvalue weighted by Crippen LogP contribution is 2.32. The van der Waals surface area contributed by atoms with Crippen molar-refractivity contribution in [1.82, 2.24) is 19.9 Å². The molecule has 3 aromatic rings. The first-order valence-corrected chi connectivity index (χ1v) is 12.5. The molecule has 2 N–H and O–H groups in total. The molecule has 34 heavy (non-hydrogen) atoms. The number of likely N-dealkylation sites (N-methyl/N-ethyl adjacent to an activating group) is 1. The molecule has 8 nitrogen and oxygen atoms in total. The van der Waals surface area contributed by atoms with Crippen molar-refractivity contribution in [2.24, 2.45) is 5.92 Å². The maximum atomic E-state index is 13.3. The summed E-state index contributed by atoms with van der Waals surface area (Å²) in [5.41, 5.74) is 1.94. The van der Waals surface area contributed by atoms with E-state index in [0.717, 1.165) is 27.1 Å². The van der Waals surface area contributed by atoms with Gasteiger partial charge in [0.15, 0.2) is 5.13 Å². The van der Waals surface area contributed by atoms with E-state index in [0.29, 0.717) is 31.7 Å². The molecule has 0 aliphatic carbocycles. The van der Waals surface area contributed by atoms with Gasteiger partial charge < -0.3 is 20.2 Å². The lowest BCUT2D eigenvalue weighted by Crippen LogP contribution is -2.52. The molecule has 3 aromatic heterocycles. The summed E-state index contributed by atoms with van der Waals surface area (Å²) in [7, 11) is 1.93. The molecule has 0 spiro atoms. The molecule has 4 heterocycles. The first kappa shape index (κ1) is 24.1. The lowest BCUT2D eigenvalue weighted by molar-refractivity contribution is -0.135. The third-order valence-electron chi connectivity index (χ3n) is 6.05. The monoisotopic (exact) mass is 480 g/mol. The number of nitrogens with zero attached hydrogens (tertiary/aromatic N) is 5. The van der Waals surface area contributed by atoms with Gasteiger partial charge in [0, 0.05) is 32.5 Å². The van der Waals surface area contributed by atoms with Gasteiger partial charge in [-0.05, 0) is 55.5 Å². The number of anilines is 3. The van der Waals surface area contributed by atoms with Gasteiger partial charge >= 0.3 is 0 Å². The number of amides is 1. The van der Waals surface area contributed by atoms with E-state index >= 15 is 0 Å². The van der Waals surface area contributed by atoms with E-state index in [1.165, 1.54) is 11.3 Å². The van der Waals surface area contributed by atoms with E-state index in [4.69, 9.17) is 4.98 Å². The Labute approximate surface area is 204 Å². The minimum absolute atomic E-state index is 0.0936. The summed E-state index contributed by atoms with van der Waals surface area (Å²) in [5.74, 6) is 1.67. The van der Waals surface area contributed by atoms with E-state index in [1.807, 2.05) is 60.3 Å². The smallest absolute Gasteiger partial charge is 0.245 e. The van der Waals surface area contributed by atoms with Crippen molar-refractivity contribution >= 4 is 34.0 Å². The average molecular weight is 481 g/mol. The first-order chi connectivity index (χ1) is 16.3. The molecular formula is C25H32N6O2S. The lowest BCUT2D eigenvalue weighted by atomic mass is 9.99. The van der Waals surface area contributed by atoms with Crippen LogP contribution in [0.2, 0.25) is 0 Å². The second kappa shape index (κ2) is 10.5. The normalized spacial score (nSPS) is 15.4. The highest BCUT2D eigenvalue weighted by Gasteiger charge is 2.33. The minimum atomic E-state index is -0.317. The summed E-state index contributed by atoms with van der Waals surface area (Å²) >= 11 is 1.52. The molecule has 1 amide bonds. The zero-order valence-electron chi connectivity index (χ0n) is 20.1. The van der Waals surface area contributed by atoms with Crippen LogP contribution in [0.3, 0.4) is 0 Å². The van der Waals surface area contributed by atoms with Gasteiger partial charge in [0.1, 0.15) is 17.7 Å². The van der Waals surface area contributed by atoms with Gasteiger partial charge in [-0.3, -0.25) is 4.79 Å². The van der Waals surface area contributed by atoms with Gasteiger partial charge in [-0.15, -0.1) is 0 Å². The van der Waals surface area contributed by atoms with Gasteiger partial charge in [-0.2, -0.15) is 0 Å². The number of nitrogens with one attached hydrogen (secondary N) is 1. The molecule has 180 valence electrons. The molecule has 1 aliphatic heterocycles. The SMILES string of the molecule is Cc1ccnc(Nc2cccc(-c3cnc(N(C)C(C(=O)N4CCC(O)CC4)C(C)C)s3)n2)c1. The van der Waals surface area contributed by atoms with Crippen LogP contribution in [0.4, 0.5) is 16.8 Å². The highest BCUT2D eigenvalue weighted by molar-refractivity contribution is 7.18. The van der Waals surface area contributed by atoms with Gasteiger partial charge in [-0.1, -0.05) is 31.3 Å². The fourth-order valence-electron chi connectivity index (χ4n) is 4.21. The second-order valence-electron chi connectivity index (χ2n) is 9.11. The van der Waals surface area contributed by atoms with Crippen molar-refractivity contribution < 1.29 is 9.90 Å². The van der Waals surface area contributed by atoms with E-state index in [2.05, 4.69) is 29.1 Å². The summed E-state index contributed by atoms with van der Waals surface area (Å²) < 4.78 is 0. The number of aliphatic hydroxyl groups is 1. The Morgan fingerprint density at radius 1 is 1.21 bits per heavy atom. The molecule has 0 aromatic carbocycles. The standard InChI is InChI=1S/C25H32N6O2S/c1-16(2)23(24(33)31-12-9-18(32)10-13-31)30(4)25-27-15-20(34-25)19-6-5-7-21(28-19)29-22-14-17(3)8-11-26-22/h5-8,11,14-16,18,23,32H,9-10,12-13H2,1-4H3,(H,26,28,29). The van der Waals surface area contributed by atoms with E-state index in [9.17, 15) is 9.90 Å². The van der Waals surface area contributed by atoms with Gasteiger partial charge in [0.05, 0.1) is 16.7 Å². The Kier molecular flexibility index (Phi) is 7.43. The van der Waals surface area contributed by atoms with Crippen molar-refractivity contribution in [2.45, 2.75) is 45.8 Å². The van der Waals surface area contributed by atoms with Crippen LogP contribution < -0.4 is 10.2 Å². The topological polar surface area (TPSA) is 94.5 Å². The van der Waals surface area contributed by atoms with Crippen molar-refractivity contribution in [3.63, 3.8) is 0 Å². The molecule has 1 unspecified atom stereocenters. The lowest BCUT2D eigenvalue weighted by Gasteiger charge is -2.37. The number of aliphatic hydroxyl groups excluding tert-OH is 1.